The first-order chi connectivity index (χ1) is 8.77. The van der Waals surface area contributed by atoms with Crippen molar-refractivity contribution in [2.24, 2.45) is 0 Å². The standard InChI is InChI=1S/C15H23NO2/c1-4-16-13-10-17-9-8-12-14(18-5-2)7-6-11(3)15(12)13/h6-7,13,16H,4-5,8-10H2,1-3H3. The Balaban J connectivity index is 2.44. The predicted molar refractivity (Wildman–Crippen MR) is 73.3 cm³/mol. The molecule has 1 aromatic carbocycles. The van der Waals surface area contributed by atoms with E-state index in [9.17, 15) is 0 Å². The molecule has 2 rings (SSSR count). The van der Waals surface area contributed by atoms with E-state index in [1.165, 1.54) is 16.7 Å². The largest absolute Gasteiger partial charge is 0.494 e. The first-order valence-electron chi connectivity index (χ1n) is 6.84. The third kappa shape index (κ3) is 2.68. The van der Waals surface area contributed by atoms with E-state index in [0.29, 0.717) is 6.61 Å². The molecular weight excluding hydrogens is 226 g/mol. The predicted octanol–water partition coefficient (Wildman–Crippen LogP) is 2.62. The van der Waals surface area contributed by atoms with E-state index in [0.717, 1.165) is 31.9 Å². The Morgan fingerprint density at radius 1 is 1.39 bits per heavy atom. The van der Waals surface area contributed by atoms with Gasteiger partial charge in [-0.1, -0.05) is 13.0 Å². The zero-order valence-electron chi connectivity index (χ0n) is 11.6. The van der Waals surface area contributed by atoms with Gasteiger partial charge in [-0.15, -0.1) is 0 Å². The van der Waals surface area contributed by atoms with Crippen LogP contribution in [-0.4, -0.2) is 26.4 Å². The minimum atomic E-state index is 0.285. The van der Waals surface area contributed by atoms with Crippen molar-refractivity contribution in [3.05, 3.63) is 28.8 Å². The summed E-state index contributed by atoms with van der Waals surface area (Å²) in [5.74, 6) is 1.02. The minimum absolute atomic E-state index is 0.285. The Morgan fingerprint density at radius 3 is 2.94 bits per heavy atom. The molecule has 1 N–H and O–H groups in total. The fourth-order valence-corrected chi connectivity index (χ4v) is 2.66. The Bertz CT molecular complexity index is 404. The van der Waals surface area contributed by atoms with Crippen molar-refractivity contribution in [3.8, 4) is 5.75 Å². The highest BCUT2D eigenvalue weighted by Gasteiger charge is 2.23. The molecule has 0 saturated heterocycles. The SMILES string of the molecule is CCNC1COCCc2c(OCC)ccc(C)c21. The average molecular weight is 249 g/mol. The summed E-state index contributed by atoms with van der Waals surface area (Å²) in [6.07, 6.45) is 0.939. The summed E-state index contributed by atoms with van der Waals surface area (Å²) in [6, 6.07) is 4.53. The second-order valence-electron chi connectivity index (χ2n) is 4.64. The van der Waals surface area contributed by atoms with Gasteiger partial charge >= 0.3 is 0 Å². The fraction of sp³-hybridized carbons (Fsp3) is 0.600. The summed E-state index contributed by atoms with van der Waals surface area (Å²) in [4.78, 5) is 0. The molecule has 0 bridgehead atoms. The molecule has 1 aromatic rings. The number of hydrogen-bond acceptors (Lipinski definition) is 3. The van der Waals surface area contributed by atoms with Gasteiger partial charge in [0.1, 0.15) is 5.75 Å². The van der Waals surface area contributed by atoms with E-state index in [2.05, 4.69) is 31.3 Å². The summed E-state index contributed by atoms with van der Waals surface area (Å²) in [5.41, 5.74) is 4.02. The molecule has 1 heterocycles. The van der Waals surface area contributed by atoms with Gasteiger partial charge in [-0.25, -0.2) is 0 Å². The monoisotopic (exact) mass is 249 g/mol. The van der Waals surface area contributed by atoms with Gasteiger partial charge in [-0.3, -0.25) is 0 Å². The van der Waals surface area contributed by atoms with Crippen molar-refractivity contribution < 1.29 is 9.47 Å². The summed E-state index contributed by atoms with van der Waals surface area (Å²) in [6.45, 7) is 9.52. The van der Waals surface area contributed by atoms with Crippen LogP contribution in [0.1, 0.15) is 36.6 Å². The molecule has 3 heteroatoms. The van der Waals surface area contributed by atoms with Crippen LogP contribution in [0.5, 0.6) is 5.75 Å². The highest BCUT2D eigenvalue weighted by atomic mass is 16.5. The lowest BCUT2D eigenvalue weighted by Gasteiger charge is -2.22. The lowest BCUT2D eigenvalue weighted by Crippen LogP contribution is -2.25. The number of likely N-dealkylation sites (N-methyl/N-ethyl adjacent to an activating group) is 1. The number of benzene rings is 1. The van der Waals surface area contributed by atoms with Gasteiger partial charge in [-0.2, -0.15) is 0 Å². The molecule has 1 atom stereocenters. The Morgan fingerprint density at radius 2 is 2.22 bits per heavy atom. The second kappa shape index (κ2) is 6.21. The van der Waals surface area contributed by atoms with Crippen molar-refractivity contribution in [3.63, 3.8) is 0 Å². The highest BCUT2D eigenvalue weighted by molar-refractivity contribution is 5.47. The lowest BCUT2D eigenvalue weighted by atomic mass is 9.93. The van der Waals surface area contributed by atoms with Crippen molar-refractivity contribution in [1.82, 2.24) is 5.32 Å². The van der Waals surface area contributed by atoms with E-state index in [4.69, 9.17) is 9.47 Å². The van der Waals surface area contributed by atoms with Gasteiger partial charge < -0.3 is 14.8 Å². The Labute approximate surface area is 109 Å². The van der Waals surface area contributed by atoms with Crippen molar-refractivity contribution in [2.75, 3.05) is 26.4 Å². The van der Waals surface area contributed by atoms with Gasteiger partial charge in [0.2, 0.25) is 0 Å². The molecule has 0 fully saturated rings. The molecule has 0 aromatic heterocycles. The Hall–Kier alpha value is -1.06. The van der Waals surface area contributed by atoms with Crippen molar-refractivity contribution >= 4 is 0 Å². The number of aryl methyl sites for hydroxylation is 1. The smallest absolute Gasteiger partial charge is 0.122 e. The van der Waals surface area contributed by atoms with E-state index in [1.54, 1.807) is 0 Å². The molecule has 100 valence electrons. The van der Waals surface area contributed by atoms with Gasteiger partial charge in [0.15, 0.2) is 0 Å². The third-order valence-electron chi connectivity index (χ3n) is 3.41. The molecule has 0 aliphatic carbocycles. The second-order valence-corrected chi connectivity index (χ2v) is 4.64. The zero-order chi connectivity index (χ0) is 13.0. The van der Waals surface area contributed by atoms with Gasteiger partial charge in [0.05, 0.1) is 25.9 Å². The topological polar surface area (TPSA) is 30.5 Å². The fourth-order valence-electron chi connectivity index (χ4n) is 2.66. The summed E-state index contributed by atoms with van der Waals surface area (Å²) >= 11 is 0. The first kappa shape index (κ1) is 13.4. The van der Waals surface area contributed by atoms with E-state index >= 15 is 0 Å². The van der Waals surface area contributed by atoms with Gasteiger partial charge in [0.25, 0.3) is 0 Å². The highest BCUT2D eigenvalue weighted by Crippen LogP contribution is 2.32. The van der Waals surface area contributed by atoms with Crippen molar-refractivity contribution in [1.29, 1.82) is 0 Å². The minimum Gasteiger partial charge on any atom is -0.494 e. The van der Waals surface area contributed by atoms with Crippen LogP contribution in [0.25, 0.3) is 0 Å². The normalized spacial score (nSPS) is 19.2. The molecule has 0 spiro atoms. The lowest BCUT2D eigenvalue weighted by molar-refractivity contribution is 0.122. The number of nitrogens with one attached hydrogen (secondary N) is 1. The maximum absolute atomic E-state index is 5.76. The molecule has 1 unspecified atom stereocenters. The quantitative estimate of drug-likeness (QED) is 0.889. The first-order valence-corrected chi connectivity index (χ1v) is 6.84. The molecule has 18 heavy (non-hydrogen) atoms. The maximum atomic E-state index is 5.76. The molecule has 0 amide bonds. The van der Waals surface area contributed by atoms with Gasteiger partial charge in [0, 0.05) is 5.56 Å². The van der Waals surface area contributed by atoms with Crippen LogP contribution in [0.3, 0.4) is 0 Å². The van der Waals surface area contributed by atoms with Crippen LogP contribution < -0.4 is 10.1 Å². The van der Waals surface area contributed by atoms with Crippen molar-refractivity contribution in [2.45, 2.75) is 33.2 Å². The molecule has 1 aliphatic heterocycles. The summed E-state index contributed by atoms with van der Waals surface area (Å²) < 4.78 is 11.5. The van der Waals surface area contributed by atoms with Crippen LogP contribution in [-0.2, 0) is 11.2 Å². The molecular formula is C15H23NO2. The van der Waals surface area contributed by atoms with Crippen LogP contribution in [0.4, 0.5) is 0 Å². The number of hydrogen-bond donors (Lipinski definition) is 1. The maximum Gasteiger partial charge on any atom is 0.122 e. The van der Waals surface area contributed by atoms with Crippen LogP contribution >= 0.6 is 0 Å². The van der Waals surface area contributed by atoms with Gasteiger partial charge in [-0.05, 0) is 44.0 Å². The third-order valence-corrected chi connectivity index (χ3v) is 3.41. The number of rotatable bonds is 4. The molecule has 0 radical (unpaired) electrons. The molecule has 1 aliphatic rings. The van der Waals surface area contributed by atoms with Crippen LogP contribution in [0.15, 0.2) is 12.1 Å². The van der Waals surface area contributed by atoms with Crippen LogP contribution in [0.2, 0.25) is 0 Å². The molecule has 0 saturated carbocycles. The summed E-state index contributed by atoms with van der Waals surface area (Å²) in [5, 5.41) is 3.51. The van der Waals surface area contributed by atoms with E-state index in [-0.39, 0.29) is 6.04 Å². The molecule has 3 nitrogen and oxygen atoms in total. The number of ether oxygens (including phenoxy) is 2. The average Bonchev–Trinajstić information content (AvgIpc) is 2.57. The van der Waals surface area contributed by atoms with Crippen LogP contribution in [0, 0.1) is 6.92 Å². The van der Waals surface area contributed by atoms with E-state index in [1.807, 2.05) is 6.92 Å². The van der Waals surface area contributed by atoms with E-state index < -0.39 is 0 Å². The Kier molecular flexibility index (Phi) is 4.61. The number of fused-ring (bicyclic) bond motifs is 1. The zero-order valence-corrected chi connectivity index (χ0v) is 11.6. The summed E-state index contributed by atoms with van der Waals surface area (Å²) in [7, 11) is 0.